The molecule has 0 unspecified atom stereocenters. The second kappa shape index (κ2) is 5.23. The number of alkyl halides is 2. The van der Waals surface area contributed by atoms with Crippen LogP contribution in [-0.4, -0.2) is 13.0 Å². The van der Waals surface area contributed by atoms with Gasteiger partial charge >= 0.3 is 0 Å². The number of hydrogen-bond donors (Lipinski definition) is 0. The van der Waals surface area contributed by atoms with Gasteiger partial charge in [0.15, 0.2) is 0 Å². The third-order valence-electron chi connectivity index (χ3n) is 1.51. The van der Waals surface area contributed by atoms with E-state index < -0.39 is 13.0 Å². The van der Waals surface area contributed by atoms with E-state index in [9.17, 15) is 8.78 Å². The zero-order valence-electron chi connectivity index (χ0n) is 7.76. The van der Waals surface area contributed by atoms with Crippen molar-refractivity contribution in [1.82, 2.24) is 0 Å². The smallest absolute Gasteiger partial charge is 0.272 e. The molecule has 0 spiro atoms. The molecule has 0 radical (unpaired) electrons. The molecule has 3 heteroatoms. The fraction of sp³-hybridized carbons (Fsp3) is 0.273. The average Bonchev–Trinajstić information content (AvgIpc) is 2.17. The lowest BCUT2D eigenvalue weighted by molar-refractivity contribution is 0.0818. The van der Waals surface area contributed by atoms with Crippen LogP contribution < -0.4 is 4.74 Å². The number of benzene rings is 1. The van der Waals surface area contributed by atoms with Gasteiger partial charge in [0.2, 0.25) is 0 Å². The molecule has 0 aromatic heterocycles. The number of para-hydroxylation sites is 1. The summed E-state index contributed by atoms with van der Waals surface area (Å²) in [7, 11) is 0. The van der Waals surface area contributed by atoms with Crippen LogP contribution >= 0.6 is 0 Å². The van der Waals surface area contributed by atoms with Gasteiger partial charge in [-0.05, 0) is 19.1 Å². The molecule has 0 saturated carbocycles. The molecule has 0 aliphatic heterocycles. The first-order valence-corrected chi connectivity index (χ1v) is 4.16. The van der Waals surface area contributed by atoms with Crippen molar-refractivity contribution >= 4 is 0 Å². The molecule has 14 heavy (non-hydrogen) atoms. The van der Waals surface area contributed by atoms with E-state index in [1.165, 1.54) is 0 Å². The minimum absolute atomic E-state index is 0.405. The Kier molecular flexibility index (Phi) is 3.93. The first-order valence-electron chi connectivity index (χ1n) is 4.16. The van der Waals surface area contributed by atoms with Crippen LogP contribution in [0.5, 0.6) is 5.75 Å². The second-order valence-electron chi connectivity index (χ2n) is 2.57. The largest absolute Gasteiger partial charge is 0.486 e. The predicted octanol–water partition coefficient (Wildman–Crippen LogP) is 2.70. The van der Waals surface area contributed by atoms with Crippen molar-refractivity contribution in [3.63, 3.8) is 0 Å². The van der Waals surface area contributed by atoms with Gasteiger partial charge in [-0.1, -0.05) is 18.1 Å². The number of halogens is 2. The van der Waals surface area contributed by atoms with Crippen molar-refractivity contribution in [3.8, 4) is 17.6 Å². The van der Waals surface area contributed by atoms with Crippen molar-refractivity contribution in [2.75, 3.05) is 6.61 Å². The number of ether oxygens (including phenoxy) is 1. The van der Waals surface area contributed by atoms with Crippen molar-refractivity contribution in [3.05, 3.63) is 29.8 Å². The highest BCUT2D eigenvalue weighted by Gasteiger charge is 2.05. The van der Waals surface area contributed by atoms with E-state index in [0.29, 0.717) is 11.3 Å². The fourth-order valence-electron chi connectivity index (χ4n) is 0.983. The molecule has 1 nitrogen and oxygen atoms in total. The first-order chi connectivity index (χ1) is 6.74. The van der Waals surface area contributed by atoms with Gasteiger partial charge in [0.1, 0.15) is 12.4 Å². The predicted molar refractivity (Wildman–Crippen MR) is 50.5 cm³/mol. The molecule has 0 aliphatic rings. The normalized spacial score (nSPS) is 9.43. The van der Waals surface area contributed by atoms with E-state index in [2.05, 4.69) is 11.8 Å². The van der Waals surface area contributed by atoms with Crippen LogP contribution in [-0.2, 0) is 0 Å². The van der Waals surface area contributed by atoms with Crippen molar-refractivity contribution in [2.45, 2.75) is 13.3 Å². The number of rotatable bonds is 3. The van der Waals surface area contributed by atoms with Crippen LogP contribution in [0.15, 0.2) is 24.3 Å². The summed E-state index contributed by atoms with van der Waals surface area (Å²) in [5, 5.41) is 0. The fourth-order valence-corrected chi connectivity index (χ4v) is 0.983. The molecule has 1 aromatic carbocycles. The minimum atomic E-state index is -2.46. The summed E-state index contributed by atoms with van der Waals surface area (Å²) in [6.07, 6.45) is -2.46. The summed E-state index contributed by atoms with van der Waals surface area (Å²) in [5.41, 5.74) is 0.635. The van der Waals surface area contributed by atoms with Gasteiger partial charge in [0.25, 0.3) is 6.43 Å². The van der Waals surface area contributed by atoms with E-state index in [0.717, 1.165) is 0 Å². The second-order valence-corrected chi connectivity index (χ2v) is 2.57. The summed E-state index contributed by atoms with van der Waals surface area (Å²) >= 11 is 0. The van der Waals surface area contributed by atoms with Gasteiger partial charge in [-0.15, -0.1) is 5.92 Å². The Morgan fingerprint density at radius 2 is 2.07 bits per heavy atom. The van der Waals surface area contributed by atoms with Gasteiger partial charge in [0, 0.05) is 0 Å². The monoisotopic (exact) mass is 196 g/mol. The van der Waals surface area contributed by atoms with Crippen LogP contribution in [0.2, 0.25) is 0 Å². The highest BCUT2D eigenvalue weighted by molar-refractivity contribution is 5.45. The molecule has 0 bridgehead atoms. The highest BCUT2D eigenvalue weighted by atomic mass is 19.3. The van der Waals surface area contributed by atoms with E-state index in [4.69, 9.17) is 4.74 Å². The SMILES string of the molecule is CC#Cc1ccccc1OCC(F)F. The standard InChI is InChI=1S/C11H10F2O/c1-2-5-9-6-3-4-7-10(9)14-8-11(12)13/h3-4,6-7,11H,8H2,1H3. The van der Waals surface area contributed by atoms with Gasteiger partial charge in [-0.2, -0.15) is 0 Å². The molecule has 0 amide bonds. The summed E-state index contributed by atoms with van der Waals surface area (Å²) in [6, 6.07) is 6.87. The summed E-state index contributed by atoms with van der Waals surface area (Å²) < 4.78 is 28.7. The van der Waals surface area contributed by atoms with Gasteiger partial charge in [-0.3, -0.25) is 0 Å². The van der Waals surface area contributed by atoms with E-state index in [-0.39, 0.29) is 0 Å². The van der Waals surface area contributed by atoms with Gasteiger partial charge in [-0.25, -0.2) is 8.78 Å². The minimum Gasteiger partial charge on any atom is -0.486 e. The maximum atomic E-state index is 11.9. The molecule has 0 N–H and O–H groups in total. The third-order valence-corrected chi connectivity index (χ3v) is 1.51. The summed E-state index contributed by atoms with van der Waals surface area (Å²) in [5.74, 6) is 5.88. The molecule has 0 heterocycles. The molecule has 1 aromatic rings. The van der Waals surface area contributed by atoms with Gasteiger partial charge in [0.05, 0.1) is 5.56 Å². The molecular formula is C11H10F2O. The van der Waals surface area contributed by atoms with Crippen LogP contribution in [0.25, 0.3) is 0 Å². The lowest BCUT2D eigenvalue weighted by Gasteiger charge is -2.06. The Morgan fingerprint density at radius 1 is 1.36 bits per heavy atom. The number of hydrogen-bond acceptors (Lipinski definition) is 1. The molecule has 0 fully saturated rings. The molecular weight excluding hydrogens is 186 g/mol. The molecule has 74 valence electrons. The van der Waals surface area contributed by atoms with Crippen LogP contribution in [0.4, 0.5) is 8.78 Å². The van der Waals surface area contributed by atoms with E-state index in [1.54, 1.807) is 31.2 Å². The summed E-state index contributed by atoms with van der Waals surface area (Å²) in [4.78, 5) is 0. The lowest BCUT2D eigenvalue weighted by atomic mass is 10.2. The zero-order chi connectivity index (χ0) is 10.4. The van der Waals surface area contributed by atoms with Crippen LogP contribution in [0.3, 0.4) is 0 Å². The Labute approximate surface area is 81.7 Å². The maximum Gasteiger partial charge on any atom is 0.272 e. The highest BCUT2D eigenvalue weighted by Crippen LogP contribution is 2.17. The van der Waals surface area contributed by atoms with Gasteiger partial charge < -0.3 is 4.74 Å². The topological polar surface area (TPSA) is 9.23 Å². The van der Waals surface area contributed by atoms with Crippen LogP contribution in [0, 0.1) is 11.8 Å². The Balaban J connectivity index is 2.77. The maximum absolute atomic E-state index is 11.9. The quantitative estimate of drug-likeness (QED) is 0.675. The Bertz CT molecular complexity index is 350. The molecule has 1 rings (SSSR count). The van der Waals surface area contributed by atoms with Crippen molar-refractivity contribution < 1.29 is 13.5 Å². The third kappa shape index (κ3) is 3.06. The first kappa shape index (κ1) is 10.5. The molecule has 0 atom stereocenters. The zero-order valence-corrected chi connectivity index (χ0v) is 7.76. The molecule has 0 saturated heterocycles. The van der Waals surface area contributed by atoms with Crippen LogP contribution in [0.1, 0.15) is 12.5 Å². The van der Waals surface area contributed by atoms with E-state index in [1.807, 2.05) is 0 Å². The van der Waals surface area contributed by atoms with E-state index >= 15 is 0 Å². The van der Waals surface area contributed by atoms with Crippen molar-refractivity contribution in [1.29, 1.82) is 0 Å². The Hall–Kier alpha value is -1.56. The van der Waals surface area contributed by atoms with Crippen molar-refractivity contribution in [2.24, 2.45) is 0 Å². The lowest BCUT2D eigenvalue weighted by Crippen LogP contribution is -2.07. The summed E-state index contributed by atoms with van der Waals surface area (Å²) in [6.45, 7) is 1.09. The Morgan fingerprint density at radius 3 is 2.71 bits per heavy atom. The average molecular weight is 196 g/mol. The molecule has 0 aliphatic carbocycles.